The molecule has 94 valence electrons. The summed E-state index contributed by atoms with van der Waals surface area (Å²) in [7, 11) is 0. The lowest BCUT2D eigenvalue weighted by Crippen LogP contribution is -2.03. The maximum absolute atomic E-state index is 5.84. The Kier molecular flexibility index (Phi) is 4.79. The van der Waals surface area contributed by atoms with Gasteiger partial charge < -0.3 is 10.5 Å². The van der Waals surface area contributed by atoms with Crippen LogP contribution in [0.2, 0.25) is 0 Å². The van der Waals surface area contributed by atoms with Gasteiger partial charge >= 0.3 is 0 Å². The van der Waals surface area contributed by atoms with Crippen molar-refractivity contribution < 1.29 is 4.74 Å². The molecule has 0 heterocycles. The predicted molar refractivity (Wildman–Crippen MR) is 75.7 cm³/mol. The number of unbranched alkanes of at least 4 members (excludes halogenated alkanes) is 1. The van der Waals surface area contributed by atoms with Crippen LogP contribution in [0.3, 0.4) is 0 Å². The summed E-state index contributed by atoms with van der Waals surface area (Å²) in [4.78, 5) is 0. The zero-order valence-corrected chi connectivity index (χ0v) is 10.5. The Bertz CT molecular complexity index is 468. The smallest absolute Gasteiger partial charge is 0.127 e. The average Bonchev–Trinajstić information content (AvgIpc) is 2.45. The third kappa shape index (κ3) is 3.34. The molecule has 0 aromatic heterocycles. The first-order valence-corrected chi connectivity index (χ1v) is 6.39. The second-order valence-corrected chi connectivity index (χ2v) is 4.21. The number of benzene rings is 2. The lowest BCUT2D eigenvalue weighted by molar-refractivity contribution is 0.309. The molecule has 2 nitrogen and oxygen atoms in total. The molecular formula is C16H19NO. The van der Waals surface area contributed by atoms with E-state index in [0.29, 0.717) is 0 Å². The Morgan fingerprint density at radius 3 is 2.33 bits per heavy atom. The highest BCUT2D eigenvalue weighted by Gasteiger charge is 2.04. The van der Waals surface area contributed by atoms with E-state index in [4.69, 9.17) is 10.5 Å². The molecule has 0 saturated heterocycles. The molecular weight excluding hydrogens is 222 g/mol. The summed E-state index contributed by atoms with van der Waals surface area (Å²) < 4.78 is 5.84. The molecule has 0 atom stereocenters. The Morgan fingerprint density at radius 1 is 0.833 bits per heavy atom. The molecule has 0 aliphatic carbocycles. The standard InChI is InChI=1S/C16H19NO/c17-12-6-7-13-18-16-11-5-4-10-15(16)14-8-2-1-3-9-14/h1-5,8-11H,6-7,12-13,17H2. The van der Waals surface area contributed by atoms with Crippen molar-refractivity contribution in [3.63, 3.8) is 0 Å². The van der Waals surface area contributed by atoms with E-state index in [-0.39, 0.29) is 0 Å². The molecule has 0 fully saturated rings. The number of rotatable bonds is 6. The monoisotopic (exact) mass is 241 g/mol. The molecule has 0 aliphatic rings. The quantitative estimate of drug-likeness (QED) is 0.786. The summed E-state index contributed by atoms with van der Waals surface area (Å²) >= 11 is 0. The van der Waals surface area contributed by atoms with Crippen molar-refractivity contribution in [1.82, 2.24) is 0 Å². The molecule has 0 radical (unpaired) electrons. The highest BCUT2D eigenvalue weighted by molar-refractivity contribution is 5.70. The van der Waals surface area contributed by atoms with Crippen LogP contribution in [-0.2, 0) is 0 Å². The minimum Gasteiger partial charge on any atom is -0.493 e. The molecule has 0 unspecified atom stereocenters. The van der Waals surface area contributed by atoms with Gasteiger partial charge in [-0.3, -0.25) is 0 Å². The van der Waals surface area contributed by atoms with E-state index in [1.807, 2.05) is 36.4 Å². The van der Waals surface area contributed by atoms with E-state index >= 15 is 0 Å². The van der Waals surface area contributed by atoms with E-state index < -0.39 is 0 Å². The third-order valence-corrected chi connectivity index (χ3v) is 2.83. The molecule has 18 heavy (non-hydrogen) atoms. The number of para-hydroxylation sites is 1. The molecule has 0 spiro atoms. The first-order chi connectivity index (χ1) is 8.92. The Hall–Kier alpha value is -1.80. The van der Waals surface area contributed by atoms with Gasteiger partial charge in [-0.2, -0.15) is 0 Å². The van der Waals surface area contributed by atoms with Gasteiger partial charge in [0.25, 0.3) is 0 Å². The van der Waals surface area contributed by atoms with Crippen molar-refractivity contribution in [2.45, 2.75) is 12.8 Å². The van der Waals surface area contributed by atoms with E-state index in [9.17, 15) is 0 Å². The number of nitrogens with two attached hydrogens (primary N) is 1. The fourth-order valence-electron chi connectivity index (χ4n) is 1.88. The van der Waals surface area contributed by atoms with Crippen molar-refractivity contribution in [1.29, 1.82) is 0 Å². The van der Waals surface area contributed by atoms with Crippen molar-refractivity contribution in [3.05, 3.63) is 54.6 Å². The maximum atomic E-state index is 5.84. The van der Waals surface area contributed by atoms with E-state index in [0.717, 1.165) is 37.3 Å². The highest BCUT2D eigenvalue weighted by Crippen LogP contribution is 2.29. The molecule has 0 bridgehead atoms. The molecule has 0 amide bonds. The van der Waals surface area contributed by atoms with Crippen molar-refractivity contribution in [2.24, 2.45) is 5.73 Å². The van der Waals surface area contributed by atoms with Crippen LogP contribution < -0.4 is 10.5 Å². The molecule has 2 aromatic rings. The van der Waals surface area contributed by atoms with Gasteiger partial charge in [-0.05, 0) is 31.0 Å². The van der Waals surface area contributed by atoms with Crippen LogP contribution in [0.1, 0.15) is 12.8 Å². The second-order valence-electron chi connectivity index (χ2n) is 4.21. The van der Waals surface area contributed by atoms with Gasteiger partial charge in [0.15, 0.2) is 0 Å². The van der Waals surface area contributed by atoms with Crippen LogP contribution in [0.5, 0.6) is 5.75 Å². The summed E-state index contributed by atoms with van der Waals surface area (Å²) in [5.41, 5.74) is 7.80. The van der Waals surface area contributed by atoms with Crippen LogP contribution in [0.25, 0.3) is 11.1 Å². The molecule has 2 heteroatoms. The summed E-state index contributed by atoms with van der Waals surface area (Å²) in [6, 6.07) is 18.5. The average molecular weight is 241 g/mol. The van der Waals surface area contributed by atoms with E-state index in [1.54, 1.807) is 0 Å². The molecule has 2 rings (SSSR count). The number of ether oxygens (including phenoxy) is 1. The molecule has 2 aromatic carbocycles. The van der Waals surface area contributed by atoms with Crippen LogP contribution in [-0.4, -0.2) is 13.2 Å². The lowest BCUT2D eigenvalue weighted by atomic mass is 10.1. The topological polar surface area (TPSA) is 35.2 Å². The second kappa shape index (κ2) is 6.82. The fourth-order valence-corrected chi connectivity index (χ4v) is 1.88. The highest BCUT2D eigenvalue weighted by atomic mass is 16.5. The summed E-state index contributed by atoms with van der Waals surface area (Å²) in [6.45, 7) is 1.45. The van der Waals surface area contributed by atoms with Crippen LogP contribution in [0.4, 0.5) is 0 Å². The van der Waals surface area contributed by atoms with E-state index in [2.05, 4.69) is 18.2 Å². The van der Waals surface area contributed by atoms with Gasteiger partial charge in [0.1, 0.15) is 5.75 Å². The van der Waals surface area contributed by atoms with Gasteiger partial charge in [-0.1, -0.05) is 48.5 Å². The van der Waals surface area contributed by atoms with Gasteiger partial charge in [0, 0.05) is 5.56 Å². The minimum absolute atomic E-state index is 0.723. The van der Waals surface area contributed by atoms with Crippen LogP contribution in [0, 0.1) is 0 Å². The van der Waals surface area contributed by atoms with Gasteiger partial charge in [0.2, 0.25) is 0 Å². The summed E-state index contributed by atoms with van der Waals surface area (Å²) in [6.07, 6.45) is 2.01. The Morgan fingerprint density at radius 2 is 1.56 bits per heavy atom. The molecule has 0 aliphatic heterocycles. The van der Waals surface area contributed by atoms with Crippen molar-refractivity contribution in [2.75, 3.05) is 13.2 Å². The Labute approximate surface area is 108 Å². The van der Waals surface area contributed by atoms with Gasteiger partial charge in [-0.15, -0.1) is 0 Å². The first kappa shape index (κ1) is 12.7. The SMILES string of the molecule is NCCCCOc1ccccc1-c1ccccc1. The largest absolute Gasteiger partial charge is 0.493 e. The zero-order valence-electron chi connectivity index (χ0n) is 10.5. The van der Waals surface area contributed by atoms with Crippen LogP contribution in [0.15, 0.2) is 54.6 Å². The molecule has 0 saturated carbocycles. The molecule has 2 N–H and O–H groups in total. The van der Waals surface area contributed by atoms with Crippen molar-refractivity contribution >= 4 is 0 Å². The maximum Gasteiger partial charge on any atom is 0.127 e. The normalized spacial score (nSPS) is 10.3. The fraction of sp³-hybridized carbons (Fsp3) is 0.250. The minimum atomic E-state index is 0.723. The number of hydrogen-bond acceptors (Lipinski definition) is 2. The summed E-state index contributed by atoms with van der Waals surface area (Å²) in [5.74, 6) is 0.945. The zero-order chi connectivity index (χ0) is 12.6. The lowest BCUT2D eigenvalue weighted by Gasteiger charge is -2.11. The van der Waals surface area contributed by atoms with E-state index in [1.165, 1.54) is 5.56 Å². The number of hydrogen-bond donors (Lipinski definition) is 1. The third-order valence-electron chi connectivity index (χ3n) is 2.83. The van der Waals surface area contributed by atoms with Crippen LogP contribution >= 0.6 is 0 Å². The van der Waals surface area contributed by atoms with Gasteiger partial charge in [-0.25, -0.2) is 0 Å². The summed E-state index contributed by atoms with van der Waals surface area (Å²) in [5, 5.41) is 0. The van der Waals surface area contributed by atoms with Gasteiger partial charge in [0.05, 0.1) is 6.61 Å². The Balaban J connectivity index is 2.11. The first-order valence-electron chi connectivity index (χ1n) is 6.39. The predicted octanol–water partition coefficient (Wildman–Crippen LogP) is 3.47. The van der Waals surface area contributed by atoms with Crippen molar-refractivity contribution in [3.8, 4) is 16.9 Å².